The minimum absolute atomic E-state index is 0.0874. The lowest BCUT2D eigenvalue weighted by atomic mass is 10.1. The molecule has 4 nitrogen and oxygen atoms in total. The van der Waals surface area contributed by atoms with Crippen LogP contribution in [-0.4, -0.2) is 24.9 Å². The molecule has 0 unspecified atom stereocenters. The molecule has 2 aromatic rings. The molecule has 116 valence electrons. The van der Waals surface area contributed by atoms with Gasteiger partial charge in [0.05, 0.1) is 4.90 Å². The van der Waals surface area contributed by atoms with Crippen molar-refractivity contribution in [2.45, 2.75) is 28.2 Å². The largest absolute Gasteiger partial charge is 0.276 e. The number of aromatic nitrogens is 1. The standard InChI is InChI=1S/C15H14ClNO3S2/c1-3-10-8-12(21-14-6-4-5-7-17-14)13(22(2,19)20)9-11(10)15(16)18/h4-9H,3H2,1-2H3. The van der Waals surface area contributed by atoms with Crippen LogP contribution in [0, 0.1) is 0 Å². The van der Waals surface area contributed by atoms with Gasteiger partial charge < -0.3 is 0 Å². The molecule has 1 heterocycles. The summed E-state index contributed by atoms with van der Waals surface area (Å²) < 4.78 is 24.1. The van der Waals surface area contributed by atoms with E-state index in [1.807, 2.05) is 13.0 Å². The van der Waals surface area contributed by atoms with Crippen molar-refractivity contribution in [2.75, 3.05) is 6.26 Å². The van der Waals surface area contributed by atoms with Crippen LogP contribution in [0.1, 0.15) is 22.8 Å². The van der Waals surface area contributed by atoms with Crippen molar-refractivity contribution in [1.82, 2.24) is 4.98 Å². The maximum Gasteiger partial charge on any atom is 0.252 e. The minimum Gasteiger partial charge on any atom is -0.276 e. The number of halogens is 1. The van der Waals surface area contributed by atoms with Crippen LogP contribution in [0.25, 0.3) is 0 Å². The highest BCUT2D eigenvalue weighted by Gasteiger charge is 2.20. The van der Waals surface area contributed by atoms with Gasteiger partial charge in [-0.05, 0) is 47.9 Å². The summed E-state index contributed by atoms with van der Waals surface area (Å²) in [6.07, 6.45) is 3.33. The van der Waals surface area contributed by atoms with Crippen molar-refractivity contribution in [3.63, 3.8) is 0 Å². The summed E-state index contributed by atoms with van der Waals surface area (Å²) in [5.74, 6) is 0. The quantitative estimate of drug-likeness (QED) is 0.767. The van der Waals surface area contributed by atoms with Crippen molar-refractivity contribution < 1.29 is 13.2 Å². The summed E-state index contributed by atoms with van der Waals surface area (Å²) in [6, 6.07) is 8.46. The Labute approximate surface area is 138 Å². The molecular formula is C15H14ClNO3S2. The summed E-state index contributed by atoms with van der Waals surface area (Å²) >= 11 is 6.82. The van der Waals surface area contributed by atoms with Gasteiger partial charge >= 0.3 is 0 Å². The number of aryl methyl sites for hydroxylation is 1. The van der Waals surface area contributed by atoms with Gasteiger partial charge in [0.1, 0.15) is 5.03 Å². The van der Waals surface area contributed by atoms with Gasteiger partial charge in [-0.3, -0.25) is 4.79 Å². The predicted molar refractivity (Wildman–Crippen MR) is 87.5 cm³/mol. The van der Waals surface area contributed by atoms with Crippen molar-refractivity contribution in [1.29, 1.82) is 0 Å². The number of benzene rings is 1. The Hall–Kier alpha value is -1.37. The highest BCUT2D eigenvalue weighted by Crippen LogP contribution is 2.34. The van der Waals surface area contributed by atoms with E-state index in [1.54, 1.807) is 24.4 Å². The van der Waals surface area contributed by atoms with Crippen LogP contribution in [-0.2, 0) is 16.3 Å². The Morgan fingerprint density at radius 2 is 2.05 bits per heavy atom. The molecule has 1 aromatic heterocycles. The third-order valence-corrected chi connectivity index (χ3v) is 5.49. The van der Waals surface area contributed by atoms with E-state index in [4.69, 9.17) is 11.6 Å². The van der Waals surface area contributed by atoms with Gasteiger partial charge in [-0.2, -0.15) is 0 Å². The number of carbonyl (C=O) groups is 1. The Balaban J connectivity index is 2.63. The van der Waals surface area contributed by atoms with Gasteiger partial charge in [0.15, 0.2) is 9.84 Å². The van der Waals surface area contributed by atoms with Crippen molar-refractivity contribution >= 4 is 38.4 Å². The first-order valence-corrected chi connectivity index (χ1v) is 9.57. The molecule has 0 radical (unpaired) electrons. The molecule has 0 bridgehead atoms. The third kappa shape index (κ3) is 3.88. The maximum atomic E-state index is 12.0. The fourth-order valence-corrected chi connectivity index (χ4v) is 4.32. The normalized spacial score (nSPS) is 11.4. The van der Waals surface area contributed by atoms with Gasteiger partial charge in [0, 0.05) is 22.9 Å². The molecule has 0 spiro atoms. The monoisotopic (exact) mass is 355 g/mol. The van der Waals surface area contributed by atoms with E-state index in [0.717, 1.165) is 6.26 Å². The molecule has 0 saturated heterocycles. The topological polar surface area (TPSA) is 64.1 Å². The van der Waals surface area contributed by atoms with E-state index in [0.29, 0.717) is 21.9 Å². The number of sulfone groups is 1. The van der Waals surface area contributed by atoms with Crippen LogP contribution in [0.3, 0.4) is 0 Å². The second kappa shape index (κ2) is 6.81. The number of rotatable bonds is 5. The maximum absolute atomic E-state index is 12.0. The zero-order chi connectivity index (χ0) is 16.3. The zero-order valence-electron chi connectivity index (χ0n) is 12.0. The summed E-state index contributed by atoms with van der Waals surface area (Å²) in [4.78, 5) is 16.3. The third-order valence-electron chi connectivity index (χ3n) is 3.01. The number of carbonyl (C=O) groups excluding carboxylic acids is 1. The number of pyridine rings is 1. The van der Waals surface area contributed by atoms with Gasteiger partial charge in [0.2, 0.25) is 0 Å². The average Bonchev–Trinajstić information content (AvgIpc) is 2.46. The highest BCUT2D eigenvalue weighted by molar-refractivity contribution is 8.00. The summed E-state index contributed by atoms with van der Waals surface area (Å²) in [7, 11) is -3.49. The average molecular weight is 356 g/mol. The van der Waals surface area contributed by atoms with E-state index < -0.39 is 15.1 Å². The first kappa shape index (κ1) is 17.0. The van der Waals surface area contributed by atoms with Crippen molar-refractivity contribution in [3.8, 4) is 0 Å². The van der Waals surface area contributed by atoms with Crippen molar-refractivity contribution in [3.05, 3.63) is 47.7 Å². The molecule has 0 aliphatic rings. The van der Waals surface area contributed by atoms with E-state index in [9.17, 15) is 13.2 Å². The molecular weight excluding hydrogens is 342 g/mol. The lowest BCUT2D eigenvalue weighted by molar-refractivity contribution is 0.108. The molecule has 0 fully saturated rings. The van der Waals surface area contributed by atoms with E-state index >= 15 is 0 Å². The summed E-state index contributed by atoms with van der Waals surface area (Å²) in [5, 5.41) is 0.0236. The molecule has 7 heteroatoms. The van der Waals surface area contributed by atoms with Crippen LogP contribution >= 0.6 is 23.4 Å². The van der Waals surface area contributed by atoms with Crippen LogP contribution in [0.5, 0.6) is 0 Å². The SMILES string of the molecule is CCc1cc(Sc2ccccn2)c(S(C)(=O)=O)cc1C(=O)Cl. The summed E-state index contributed by atoms with van der Waals surface area (Å²) in [5.41, 5.74) is 0.945. The van der Waals surface area contributed by atoms with Crippen LogP contribution < -0.4 is 0 Å². The Morgan fingerprint density at radius 3 is 2.55 bits per heavy atom. The molecule has 2 rings (SSSR count). The van der Waals surface area contributed by atoms with Gasteiger partial charge in [-0.25, -0.2) is 13.4 Å². The smallest absolute Gasteiger partial charge is 0.252 e. The second-order valence-electron chi connectivity index (χ2n) is 4.63. The molecule has 1 aromatic carbocycles. The number of nitrogens with zero attached hydrogens (tertiary/aromatic N) is 1. The Bertz CT molecular complexity index is 805. The fourth-order valence-electron chi connectivity index (χ4n) is 1.97. The molecule has 0 aliphatic carbocycles. The van der Waals surface area contributed by atoms with Crippen LogP contribution in [0.4, 0.5) is 0 Å². The highest BCUT2D eigenvalue weighted by atomic mass is 35.5. The molecule has 0 aliphatic heterocycles. The van der Waals surface area contributed by atoms with Gasteiger partial charge in [0.25, 0.3) is 5.24 Å². The molecule has 0 atom stereocenters. The van der Waals surface area contributed by atoms with E-state index in [-0.39, 0.29) is 10.5 Å². The Kier molecular flexibility index (Phi) is 5.26. The minimum atomic E-state index is -3.49. The number of hydrogen-bond acceptors (Lipinski definition) is 5. The number of hydrogen-bond donors (Lipinski definition) is 0. The van der Waals surface area contributed by atoms with Gasteiger partial charge in [-0.15, -0.1) is 0 Å². The second-order valence-corrected chi connectivity index (χ2v) is 8.02. The Morgan fingerprint density at radius 1 is 1.32 bits per heavy atom. The van der Waals surface area contributed by atoms with Gasteiger partial charge in [-0.1, -0.05) is 24.8 Å². The van der Waals surface area contributed by atoms with Crippen molar-refractivity contribution in [2.24, 2.45) is 0 Å². The van der Waals surface area contributed by atoms with E-state index in [1.165, 1.54) is 17.8 Å². The fraction of sp³-hybridized carbons (Fsp3) is 0.200. The van der Waals surface area contributed by atoms with E-state index in [2.05, 4.69) is 4.98 Å². The lowest BCUT2D eigenvalue weighted by Crippen LogP contribution is -2.05. The first-order chi connectivity index (χ1) is 10.3. The summed E-state index contributed by atoms with van der Waals surface area (Å²) in [6.45, 7) is 1.88. The predicted octanol–water partition coefficient (Wildman–Crippen LogP) is 3.58. The zero-order valence-corrected chi connectivity index (χ0v) is 14.4. The molecule has 0 amide bonds. The lowest BCUT2D eigenvalue weighted by Gasteiger charge is -2.12. The van der Waals surface area contributed by atoms with Crippen LogP contribution in [0.2, 0.25) is 0 Å². The van der Waals surface area contributed by atoms with Crippen LogP contribution in [0.15, 0.2) is 51.3 Å². The molecule has 0 N–H and O–H groups in total. The molecule has 22 heavy (non-hydrogen) atoms. The first-order valence-electron chi connectivity index (χ1n) is 6.48. The molecule has 0 saturated carbocycles.